The van der Waals surface area contributed by atoms with E-state index in [0.717, 1.165) is 45.1 Å². The molecule has 19 heavy (non-hydrogen) atoms. The molecule has 1 amide bonds. The van der Waals surface area contributed by atoms with Crippen LogP contribution in [0.25, 0.3) is 0 Å². The minimum absolute atomic E-state index is 0.0824. The quantitative estimate of drug-likeness (QED) is 0.775. The number of nitrogens with one attached hydrogen (secondary N) is 1. The summed E-state index contributed by atoms with van der Waals surface area (Å²) < 4.78 is 5.49. The van der Waals surface area contributed by atoms with Gasteiger partial charge in [0.2, 0.25) is 5.91 Å². The van der Waals surface area contributed by atoms with Crippen molar-refractivity contribution in [2.75, 3.05) is 13.2 Å². The van der Waals surface area contributed by atoms with Crippen LogP contribution in [0.1, 0.15) is 58.3 Å². The van der Waals surface area contributed by atoms with E-state index in [1.165, 1.54) is 6.42 Å². The fourth-order valence-corrected chi connectivity index (χ4v) is 3.20. The first-order valence-electron chi connectivity index (χ1n) is 7.72. The van der Waals surface area contributed by atoms with E-state index >= 15 is 0 Å². The zero-order valence-electron chi connectivity index (χ0n) is 12.0. The van der Waals surface area contributed by atoms with Gasteiger partial charge in [-0.2, -0.15) is 0 Å². The number of carbonyl (C=O) groups is 1. The van der Waals surface area contributed by atoms with Crippen molar-refractivity contribution in [3.8, 4) is 0 Å². The van der Waals surface area contributed by atoms with Crippen LogP contribution in [0.4, 0.5) is 0 Å². The van der Waals surface area contributed by atoms with Crippen LogP contribution < -0.4 is 5.32 Å². The van der Waals surface area contributed by atoms with Gasteiger partial charge in [0.1, 0.15) is 0 Å². The first kappa shape index (κ1) is 14.8. The number of ether oxygens (including phenoxy) is 1. The summed E-state index contributed by atoms with van der Waals surface area (Å²) >= 11 is 0. The SMILES string of the molecule is CCOC1CC(CC(=O)NCC2(O)CCCCC2)C1. The van der Waals surface area contributed by atoms with E-state index in [1.807, 2.05) is 6.92 Å². The molecule has 0 heterocycles. The average Bonchev–Trinajstić information content (AvgIpc) is 2.35. The fourth-order valence-electron chi connectivity index (χ4n) is 3.20. The third-order valence-corrected chi connectivity index (χ3v) is 4.47. The molecular formula is C15H27NO3. The Morgan fingerprint density at radius 3 is 2.63 bits per heavy atom. The molecule has 2 aliphatic rings. The molecule has 2 rings (SSSR count). The van der Waals surface area contributed by atoms with Gasteiger partial charge in [0.05, 0.1) is 11.7 Å². The van der Waals surface area contributed by atoms with Crippen LogP contribution in [-0.4, -0.2) is 35.9 Å². The Morgan fingerprint density at radius 2 is 2.00 bits per heavy atom. The first-order chi connectivity index (χ1) is 9.11. The van der Waals surface area contributed by atoms with Gasteiger partial charge in [-0.1, -0.05) is 19.3 Å². The van der Waals surface area contributed by atoms with E-state index in [1.54, 1.807) is 0 Å². The zero-order chi connectivity index (χ0) is 13.7. The molecule has 110 valence electrons. The lowest BCUT2D eigenvalue weighted by molar-refractivity contribution is -0.126. The molecule has 2 fully saturated rings. The first-order valence-corrected chi connectivity index (χ1v) is 7.72. The molecule has 0 bridgehead atoms. The van der Waals surface area contributed by atoms with Gasteiger partial charge >= 0.3 is 0 Å². The Bertz CT molecular complexity index is 294. The lowest BCUT2D eigenvalue weighted by Gasteiger charge is -2.35. The van der Waals surface area contributed by atoms with Crippen LogP contribution in [-0.2, 0) is 9.53 Å². The Balaban J connectivity index is 1.60. The highest BCUT2D eigenvalue weighted by Crippen LogP contribution is 2.32. The van der Waals surface area contributed by atoms with Crippen molar-refractivity contribution in [3.05, 3.63) is 0 Å². The van der Waals surface area contributed by atoms with Crippen LogP contribution >= 0.6 is 0 Å². The van der Waals surface area contributed by atoms with E-state index in [2.05, 4.69) is 5.32 Å². The fraction of sp³-hybridized carbons (Fsp3) is 0.933. The Morgan fingerprint density at radius 1 is 1.32 bits per heavy atom. The van der Waals surface area contributed by atoms with Gasteiger partial charge in [-0.15, -0.1) is 0 Å². The summed E-state index contributed by atoms with van der Waals surface area (Å²) in [5, 5.41) is 13.2. The van der Waals surface area contributed by atoms with Gasteiger partial charge in [0.15, 0.2) is 0 Å². The lowest BCUT2D eigenvalue weighted by Crippen LogP contribution is -2.45. The summed E-state index contributed by atoms with van der Waals surface area (Å²) in [6, 6.07) is 0. The predicted molar refractivity (Wildman–Crippen MR) is 73.8 cm³/mol. The van der Waals surface area contributed by atoms with Gasteiger partial charge < -0.3 is 15.2 Å². The summed E-state index contributed by atoms with van der Waals surface area (Å²) in [6.07, 6.45) is 7.96. The van der Waals surface area contributed by atoms with Crippen LogP contribution in [0.2, 0.25) is 0 Å². The third kappa shape index (κ3) is 4.46. The third-order valence-electron chi connectivity index (χ3n) is 4.47. The maximum absolute atomic E-state index is 11.8. The highest BCUT2D eigenvalue weighted by molar-refractivity contribution is 5.76. The maximum Gasteiger partial charge on any atom is 0.220 e. The van der Waals surface area contributed by atoms with Gasteiger partial charge in [-0.25, -0.2) is 0 Å². The topological polar surface area (TPSA) is 58.6 Å². The molecule has 2 saturated carbocycles. The molecule has 0 unspecified atom stereocenters. The second-order valence-corrected chi connectivity index (χ2v) is 6.18. The van der Waals surface area contributed by atoms with Crippen LogP contribution in [0.5, 0.6) is 0 Å². The monoisotopic (exact) mass is 269 g/mol. The molecule has 0 aromatic rings. The highest BCUT2D eigenvalue weighted by atomic mass is 16.5. The minimum Gasteiger partial charge on any atom is -0.388 e. The van der Waals surface area contributed by atoms with Crippen molar-refractivity contribution >= 4 is 5.91 Å². The van der Waals surface area contributed by atoms with Gasteiger partial charge in [0, 0.05) is 19.6 Å². The largest absolute Gasteiger partial charge is 0.388 e. The summed E-state index contributed by atoms with van der Waals surface area (Å²) in [6.45, 7) is 3.19. The molecule has 0 spiro atoms. The zero-order valence-corrected chi connectivity index (χ0v) is 12.0. The predicted octanol–water partition coefficient (Wildman–Crippen LogP) is 2.00. The van der Waals surface area contributed by atoms with E-state index in [9.17, 15) is 9.90 Å². The summed E-state index contributed by atoms with van der Waals surface area (Å²) in [5.74, 6) is 0.552. The molecule has 4 heteroatoms. The Labute approximate surface area is 115 Å². The summed E-state index contributed by atoms with van der Waals surface area (Å²) in [5.41, 5.74) is -0.651. The molecule has 0 aromatic heterocycles. The summed E-state index contributed by atoms with van der Waals surface area (Å²) in [4.78, 5) is 11.8. The highest BCUT2D eigenvalue weighted by Gasteiger charge is 2.33. The van der Waals surface area contributed by atoms with Crippen LogP contribution in [0.15, 0.2) is 0 Å². The minimum atomic E-state index is -0.651. The molecule has 0 aliphatic heterocycles. The molecule has 2 N–H and O–H groups in total. The van der Waals surface area contributed by atoms with Crippen LogP contribution in [0.3, 0.4) is 0 Å². The van der Waals surface area contributed by atoms with Crippen molar-refractivity contribution in [1.29, 1.82) is 0 Å². The van der Waals surface area contributed by atoms with E-state index < -0.39 is 5.60 Å². The number of aliphatic hydroxyl groups is 1. The van der Waals surface area contributed by atoms with E-state index in [4.69, 9.17) is 4.74 Å². The van der Waals surface area contributed by atoms with Crippen LogP contribution in [0, 0.1) is 5.92 Å². The maximum atomic E-state index is 11.8. The standard InChI is InChI=1S/C15H27NO3/c1-2-19-13-8-12(9-13)10-14(17)16-11-15(18)6-4-3-5-7-15/h12-13,18H,2-11H2,1H3,(H,16,17). The van der Waals surface area contributed by atoms with Crippen molar-refractivity contribution in [1.82, 2.24) is 5.32 Å². The number of carbonyl (C=O) groups excluding carboxylic acids is 1. The Kier molecular flexibility index (Phi) is 5.22. The van der Waals surface area contributed by atoms with Gasteiger partial charge in [-0.3, -0.25) is 4.79 Å². The molecule has 0 saturated heterocycles. The lowest BCUT2D eigenvalue weighted by atomic mass is 9.79. The summed E-state index contributed by atoms with van der Waals surface area (Å²) in [7, 11) is 0. The molecule has 0 aromatic carbocycles. The number of amides is 1. The molecule has 0 atom stereocenters. The number of hydrogen-bond donors (Lipinski definition) is 2. The Hall–Kier alpha value is -0.610. The normalized spacial score (nSPS) is 29.6. The van der Waals surface area contributed by atoms with Crippen molar-refractivity contribution in [3.63, 3.8) is 0 Å². The smallest absolute Gasteiger partial charge is 0.220 e. The number of hydrogen-bond acceptors (Lipinski definition) is 3. The molecule has 0 radical (unpaired) electrons. The van der Waals surface area contributed by atoms with E-state index in [-0.39, 0.29) is 5.91 Å². The van der Waals surface area contributed by atoms with Gasteiger partial charge in [-0.05, 0) is 38.5 Å². The van der Waals surface area contributed by atoms with Crippen molar-refractivity contribution in [2.45, 2.75) is 70.0 Å². The molecular weight excluding hydrogens is 242 g/mol. The second kappa shape index (κ2) is 6.71. The number of rotatable bonds is 6. The average molecular weight is 269 g/mol. The van der Waals surface area contributed by atoms with Crippen molar-refractivity contribution in [2.24, 2.45) is 5.92 Å². The van der Waals surface area contributed by atoms with Gasteiger partial charge in [0.25, 0.3) is 0 Å². The van der Waals surface area contributed by atoms with E-state index in [0.29, 0.717) is 25.0 Å². The molecule has 4 nitrogen and oxygen atoms in total. The molecule has 2 aliphatic carbocycles. The second-order valence-electron chi connectivity index (χ2n) is 6.18. The van der Waals surface area contributed by atoms with Crippen molar-refractivity contribution < 1.29 is 14.6 Å².